The van der Waals surface area contributed by atoms with Crippen molar-refractivity contribution in [2.45, 2.75) is 43.3 Å². The van der Waals surface area contributed by atoms with Gasteiger partial charge in [0.1, 0.15) is 17.5 Å². The van der Waals surface area contributed by atoms with E-state index in [-0.39, 0.29) is 11.9 Å². The first kappa shape index (κ1) is 21.3. The Hall–Kier alpha value is -2.37. The maximum atomic E-state index is 12.7. The van der Waals surface area contributed by atoms with E-state index in [4.69, 9.17) is 9.47 Å². The molecule has 3 rings (SSSR count). The molecule has 5 heteroatoms. The topological polar surface area (TPSA) is 59.0 Å². The molecular formula is C24H31NO4. The number of nitrogens with zero attached hydrogens (tertiary/aromatic N) is 1. The zero-order valence-electron chi connectivity index (χ0n) is 17.5. The second kappa shape index (κ2) is 9.42. The van der Waals surface area contributed by atoms with E-state index >= 15 is 0 Å². The molecule has 0 amide bonds. The first-order chi connectivity index (χ1) is 13.9. The number of hydrogen-bond acceptors (Lipinski definition) is 5. The number of rotatable bonds is 7. The Balaban J connectivity index is 1.90. The van der Waals surface area contributed by atoms with E-state index in [1.807, 2.05) is 56.6 Å². The summed E-state index contributed by atoms with van der Waals surface area (Å²) >= 11 is 0. The normalized spacial score (nSPS) is 22.9. The van der Waals surface area contributed by atoms with Crippen LogP contribution in [-0.2, 0) is 4.74 Å². The fraction of sp³-hybridized carbons (Fsp3) is 0.458. The van der Waals surface area contributed by atoms with Crippen molar-refractivity contribution in [2.75, 3.05) is 27.7 Å². The summed E-state index contributed by atoms with van der Waals surface area (Å²) in [6, 6.07) is 16.8. The summed E-state index contributed by atoms with van der Waals surface area (Å²) in [4.78, 5) is 14.8. The van der Waals surface area contributed by atoms with E-state index in [2.05, 4.69) is 4.90 Å². The Labute approximate surface area is 173 Å². The molecule has 0 aliphatic heterocycles. The third-order valence-electron chi connectivity index (χ3n) is 5.78. The zero-order chi connectivity index (χ0) is 20.9. The van der Waals surface area contributed by atoms with Crippen LogP contribution in [0.25, 0.3) is 0 Å². The Morgan fingerprint density at radius 2 is 1.83 bits per heavy atom. The molecule has 1 saturated carbocycles. The summed E-state index contributed by atoms with van der Waals surface area (Å²) < 4.78 is 11.2. The summed E-state index contributed by atoms with van der Waals surface area (Å²) in [5.41, 5.74) is 0.403. The minimum atomic E-state index is -1.12. The molecular weight excluding hydrogens is 366 g/mol. The van der Waals surface area contributed by atoms with E-state index in [0.717, 1.165) is 24.2 Å². The molecule has 2 aromatic rings. The molecule has 0 saturated heterocycles. The van der Waals surface area contributed by atoms with Crippen molar-refractivity contribution in [2.24, 2.45) is 0 Å². The van der Waals surface area contributed by atoms with Crippen molar-refractivity contribution in [1.29, 1.82) is 0 Å². The van der Waals surface area contributed by atoms with Gasteiger partial charge in [-0.3, -0.25) is 0 Å². The van der Waals surface area contributed by atoms with Gasteiger partial charge in [0.05, 0.1) is 12.7 Å². The van der Waals surface area contributed by atoms with Gasteiger partial charge >= 0.3 is 5.97 Å². The van der Waals surface area contributed by atoms with Gasteiger partial charge in [0.2, 0.25) is 0 Å². The largest absolute Gasteiger partial charge is 0.497 e. The average Bonchev–Trinajstić information content (AvgIpc) is 2.74. The first-order valence-corrected chi connectivity index (χ1v) is 10.2. The van der Waals surface area contributed by atoms with Crippen LogP contribution in [0, 0.1) is 0 Å². The smallest absolute Gasteiger partial charge is 0.338 e. The highest BCUT2D eigenvalue weighted by Gasteiger charge is 2.48. The molecule has 1 N–H and O–H groups in total. The summed E-state index contributed by atoms with van der Waals surface area (Å²) in [5, 5.41) is 11.9. The number of carbonyl (C=O) groups excluding carboxylic acids is 1. The number of methoxy groups -OCH3 is 1. The van der Waals surface area contributed by atoms with E-state index in [9.17, 15) is 9.90 Å². The predicted molar refractivity (Wildman–Crippen MR) is 113 cm³/mol. The monoisotopic (exact) mass is 397 g/mol. The standard InChI is InChI=1S/C24H31NO4/c1-25(2)17-21(18-12-14-20(28-3)15-13-18)24(27)16-8-7-11-22(24)29-23(26)19-9-5-4-6-10-19/h4-6,9-10,12-15,21-22,27H,7-8,11,16-17H2,1-3H3. The molecule has 0 radical (unpaired) electrons. The molecule has 0 spiro atoms. The second-order valence-electron chi connectivity index (χ2n) is 8.08. The summed E-state index contributed by atoms with van der Waals surface area (Å²) in [6.45, 7) is 0.655. The molecule has 0 aromatic heterocycles. The highest BCUT2D eigenvalue weighted by atomic mass is 16.6. The van der Waals surface area contributed by atoms with Crippen molar-refractivity contribution in [1.82, 2.24) is 4.90 Å². The van der Waals surface area contributed by atoms with Gasteiger partial charge in [-0.15, -0.1) is 0 Å². The molecule has 0 bridgehead atoms. The van der Waals surface area contributed by atoms with Gasteiger partial charge in [0.25, 0.3) is 0 Å². The Morgan fingerprint density at radius 1 is 1.14 bits per heavy atom. The second-order valence-corrected chi connectivity index (χ2v) is 8.08. The van der Waals surface area contributed by atoms with E-state index in [1.54, 1.807) is 19.2 Å². The molecule has 156 valence electrons. The molecule has 29 heavy (non-hydrogen) atoms. The van der Waals surface area contributed by atoms with Gasteiger partial charge in [-0.2, -0.15) is 0 Å². The molecule has 1 fully saturated rings. The Kier molecular flexibility index (Phi) is 6.93. The molecule has 2 aromatic carbocycles. The van der Waals surface area contributed by atoms with Crippen molar-refractivity contribution in [3.8, 4) is 5.75 Å². The van der Waals surface area contributed by atoms with Crippen LogP contribution in [0.15, 0.2) is 54.6 Å². The van der Waals surface area contributed by atoms with Gasteiger partial charge in [-0.1, -0.05) is 36.8 Å². The van der Waals surface area contributed by atoms with Crippen LogP contribution in [0.2, 0.25) is 0 Å². The lowest BCUT2D eigenvalue weighted by atomic mass is 9.70. The lowest BCUT2D eigenvalue weighted by Gasteiger charge is -2.45. The third-order valence-corrected chi connectivity index (χ3v) is 5.78. The molecule has 1 aliphatic rings. The van der Waals surface area contributed by atoms with Crippen molar-refractivity contribution in [3.05, 3.63) is 65.7 Å². The molecule has 1 aliphatic carbocycles. The summed E-state index contributed by atoms with van der Waals surface area (Å²) in [7, 11) is 5.63. The first-order valence-electron chi connectivity index (χ1n) is 10.2. The maximum Gasteiger partial charge on any atom is 0.338 e. The minimum Gasteiger partial charge on any atom is -0.497 e. The van der Waals surface area contributed by atoms with E-state index in [1.165, 1.54) is 0 Å². The van der Waals surface area contributed by atoms with Gasteiger partial charge in [-0.25, -0.2) is 4.79 Å². The Bertz CT molecular complexity index is 790. The number of carbonyl (C=O) groups is 1. The van der Waals surface area contributed by atoms with Gasteiger partial charge in [0.15, 0.2) is 0 Å². The minimum absolute atomic E-state index is 0.183. The highest BCUT2D eigenvalue weighted by molar-refractivity contribution is 5.89. The highest BCUT2D eigenvalue weighted by Crippen LogP contribution is 2.42. The molecule has 0 heterocycles. The number of hydrogen-bond donors (Lipinski definition) is 1. The molecule has 3 atom stereocenters. The maximum absolute atomic E-state index is 12.7. The lowest BCUT2D eigenvalue weighted by molar-refractivity contribution is -0.125. The fourth-order valence-electron chi connectivity index (χ4n) is 4.23. The van der Waals surface area contributed by atoms with Crippen LogP contribution >= 0.6 is 0 Å². The molecule has 3 unspecified atom stereocenters. The van der Waals surface area contributed by atoms with Crippen LogP contribution < -0.4 is 4.74 Å². The fourth-order valence-corrected chi connectivity index (χ4v) is 4.23. The van der Waals surface area contributed by atoms with Gasteiger partial charge in [-0.05, 0) is 63.2 Å². The summed E-state index contributed by atoms with van der Waals surface area (Å²) in [6.07, 6.45) is 2.57. The van der Waals surface area contributed by atoms with Gasteiger partial charge < -0.3 is 19.5 Å². The van der Waals surface area contributed by atoms with Crippen molar-refractivity contribution in [3.63, 3.8) is 0 Å². The number of ether oxygens (including phenoxy) is 2. The van der Waals surface area contributed by atoms with Crippen LogP contribution in [-0.4, -0.2) is 55.4 Å². The number of benzene rings is 2. The number of esters is 1. The molecule has 5 nitrogen and oxygen atoms in total. The van der Waals surface area contributed by atoms with Crippen molar-refractivity contribution >= 4 is 5.97 Å². The SMILES string of the molecule is COc1ccc(C(CN(C)C)C2(O)CCCCC2OC(=O)c2ccccc2)cc1. The number of aliphatic hydroxyl groups is 1. The van der Waals surface area contributed by atoms with E-state index in [0.29, 0.717) is 24.9 Å². The number of likely N-dealkylation sites (N-methyl/N-ethyl adjacent to an activating group) is 1. The quantitative estimate of drug-likeness (QED) is 0.719. The van der Waals surface area contributed by atoms with Crippen LogP contribution in [0.5, 0.6) is 5.75 Å². The zero-order valence-corrected chi connectivity index (χ0v) is 17.5. The van der Waals surface area contributed by atoms with Crippen LogP contribution in [0.3, 0.4) is 0 Å². The third kappa shape index (κ3) is 4.98. The van der Waals surface area contributed by atoms with Crippen LogP contribution in [0.4, 0.5) is 0 Å². The van der Waals surface area contributed by atoms with Gasteiger partial charge in [0, 0.05) is 12.5 Å². The predicted octanol–water partition coefficient (Wildman–Crippen LogP) is 3.87. The van der Waals surface area contributed by atoms with E-state index < -0.39 is 11.7 Å². The average molecular weight is 398 g/mol. The van der Waals surface area contributed by atoms with Crippen molar-refractivity contribution < 1.29 is 19.4 Å². The lowest BCUT2D eigenvalue weighted by Crippen LogP contribution is -2.53. The van der Waals surface area contributed by atoms with Crippen LogP contribution in [0.1, 0.15) is 47.5 Å². The Morgan fingerprint density at radius 3 is 2.45 bits per heavy atom. The summed E-state index contributed by atoms with van der Waals surface area (Å²) in [5.74, 6) is 0.214.